The molecule has 33 heavy (non-hydrogen) atoms. The van der Waals surface area contributed by atoms with E-state index in [9.17, 15) is 9.90 Å². The van der Waals surface area contributed by atoms with Crippen LogP contribution in [0.5, 0.6) is 0 Å². The van der Waals surface area contributed by atoms with Crippen LogP contribution in [0.3, 0.4) is 0 Å². The maximum absolute atomic E-state index is 12.9. The number of aromatic nitrogens is 2. The number of fused-ring (bicyclic) bond motifs is 1. The zero-order chi connectivity index (χ0) is 22.8. The van der Waals surface area contributed by atoms with Gasteiger partial charge in [0.2, 0.25) is 0 Å². The lowest BCUT2D eigenvalue weighted by Crippen LogP contribution is -2.36. The minimum atomic E-state index is -0.228. The van der Waals surface area contributed by atoms with E-state index in [2.05, 4.69) is 54.9 Å². The van der Waals surface area contributed by atoms with Crippen LogP contribution in [0.1, 0.15) is 23.2 Å². The third-order valence-electron chi connectivity index (χ3n) is 5.95. The normalized spacial score (nSPS) is 14.4. The van der Waals surface area contributed by atoms with Crippen molar-refractivity contribution >= 4 is 50.8 Å². The molecule has 4 aromatic rings. The number of benzene rings is 2. The number of halogens is 1. The van der Waals surface area contributed by atoms with Crippen molar-refractivity contribution in [1.82, 2.24) is 9.97 Å². The highest BCUT2D eigenvalue weighted by Crippen LogP contribution is 2.32. The van der Waals surface area contributed by atoms with Gasteiger partial charge in [-0.15, -0.1) is 0 Å². The quantitative estimate of drug-likeness (QED) is 0.346. The molecule has 0 unspecified atom stereocenters. The standard InChI is InChI=1S/C26H23IN4O2/c27-23-7-6-19(15-22(23)25-21-4-2-1-3-17(21)9-12-28-25)30-26(33)18-5-8-24(29-16-18)31-13-10-20(32)11-14-31/h1-9,12,15-16,20,32H,10-11,13-14H2,(H,30,33). The van der Waals surface area contributed by atoms with Gasteiger partial charge in [0.25, 0.3) is 5.91 Å². The summed E-state index contributed by atoms with van der Waals surface area (Å²) in [5.41, 5.74) is 3.08. The van der Waals surface area contributed by atoms with E-state index in [1.807, 2.05) is 48.7 Å². The second kappa shape index (κ2) is 9.44. The van der Waals surface area contributed by atoms with E-state index in [0.717, 1.165) is 57.3 Å². The summed E-state index contributed by atoms with van der Waals surface area (Å²) in [6, 6.07) is 19.7. The third-order valence-corrected chi connectivity index (χ3v) is 6.89. The van der Waals surface area contributed by atoms with E-state index in [1.165, 1.54) is 0 Å². The molecule has 7 heteroatoms. The molecule has 1 fully saturated rings. The van der Waals surface area contributed by atoms with Crippen molar-refractivity contribution in [3.05, 3.63) is 82.2 Å². The Morgan fingerprint density at radius 3 is 2.64 bits per heavy atom. The first-order chi connectivity index (χ1) is 16.1. The van der Waals surface area contributed by atoms with Gasteiger partial charge in [0.1, 0.15) is 5.82 Å². The summed E-state index contributed by atoms with van der Waals surface area (Å²) in [4.78, 5) is 24.1. The van der Waals surface area contributed by atoms with Crippen LogP contribution in [-0.4, -0.2) is 40.2 Å². The topological polar surface area (TPSA) is 78.4 Å². The van der Waals surface area contributed by atoms with Crippen LogP contribution in [0.15, 0.2) is 73.1 Å². The van der Waals surface area contributed by atoms with Gasteiger partial charge in [0.05, 0.1) is 17.4 Å². The number of nitrogens with zero attached hydrogens (tertiary/aromatic N) is 3. The summed E-state index contributed by atoms with van der Waals surface area (Å²) in [5, 5.41) is 14.9. The average molecular weight is 550 g/mol. The SMILES string of the molecule is O=C(Nc1ccc(I)c(-c2nccc3ccccc23)c1)c1ccc(N2CCC(O)CC2)nc1. The molecular weight excluding hydrogens is 527 g/mol. The van der Waals surface area contributed by atoms with E-state index in [1.54, 1.807) is 12.3 Å². The average Bonchev–Trinajstić information content (AvgIpc) is 2.85. The first-order valence-corrected chi connectivity index (χ1v) is 12.0. The maximum Gasteiger partial charge on any atom is 0.257 e. The molecule has 1 aliphatic heterocycles. The fourth-order valence-corrected chi connectivity index (χ4v) is 4.72. The highest BCUT2D eigenvalue weighted by molar-refractivity contribution is 14.1. The lowest BCUT2D eigenvalue weighted by molar-refractivity contribution is 0.102. The van der Waals surface area contributed by atoms with Gasteiger partial charge in [-0.3, -0.25) is 9.78 Å². The van der Waals surface area contributed by atoms with Gasteiger partial charge in [-0.25, -0.2) is 4.98 Å². The Balaban J connectivity index is 1.36. The fraction of sp³-hybridized carbons (Fsp3) is 0.192. The zero-order valence-corrected chi connectivity index (χ0v) is 20.1. The second-order valence-electron chi connectivity index (χ2n) is 8.15. The van der Waals surface area contributed by atoms with Crippen LogP contribution < -0.4 is 10.2 Å². The fourth-order valence-electron chi connectivity index (χ4n) is 4.12. The smallest absolute Gasteiger partial charge is 0.257 e. The molecule has 5 rings (SSSR count). The maximum atomic E-state index is 12.9. The summed E-state index contributed by atoms with van der Waals surface area (Å²) in [5.74, 6) is 0.623. The van der Waals surface area contributed by atoms with Crippen molar-refractivity contribution in [3.63, 3.8) is 0 Å². The van der Waals surface area contributed by atoms with Gasteiger partial charge in [0.15, 0.2) is 0 Å². The summed E-state index contributed by atoms with van der Waals surface area (Å²) >= 11 is 2.30. The van der Waals surface area contributed by atoms with Gasteiger partial charge >= 0.3 is 0 Å². The Morgan fingerprint density at radius 1 is 1.03 bits per heavy atom. The largest absolute Gasteiger partial charge is 0.393 e. The van der Waals surface area contributed by atoms with E-state index in [0.29, 0.717) is 11.3 Å². The molecule has 1 saturated heterocycles. The number of anilines is 2. The number of piperidine rings is 1. The summed E-state index contributed by atoms with van der Waals surface area (Å²) in [6.07, 6.45) is 4.68. The van der Waals surface area contributed by atoms with Gasteiger partial charge in [-0.1, -0.05) is 24.3 Å². The Labute approximate surface area is 205 Å². The first-order valence-electron chi connectivity index (χ1n) is 10.9. The van der Waals surface area contributed by atoms with Crippen molar-refractivity contribution in [2.45, 2.75) is 18.9 Å². The Hall–Kier alpha value is -3.04. The number of amides is 1. The van der Waals surface area contributed by atoms with Crippen LogP contribution in [-0.2, 0) is 0 Å². The number of carbonyl (C=O) groups excluding carboxylic acids is 1. The number of aliphatic hydroxyl groups is 1. The third kappa shape index (κ3) is 4.69. The number of aliphatic hydroxyl groups excluding tert-OH is 1. The highest BCUT2D eigenvalue weighted by Gasteiger charge is 2.18. The Morgan fingerprint density at radius 2 is 1.85 bits per heavy atom. The van der Waals surface area contributed by atoms with E-state index in [-0.39, 0.29) is 12.0 Å². The molecule has 2 aromatic heterocycles. The number of hydrogen-bond acceptors (Lipinski definition) is 5. The van der Waals surface area contributed by atoms with Crippen LogP contribution in [0.2, 0.25) is 0 Å². The minimum absolute atomic E-state index is 0.207. The molecule has 0 spiro atoms. The van der Waals surface area contributed by atoms with Gasteiger partial charge in [0, 0.05) is 45.7 Å². The molecule has 0 bridgehead atoms. The van der Waals surface area contributed by atoms with Crippen molar-refractivity contribution in [1.29, 1.82) is 0 Å². The van der Waals surface area contributed by atoms with E-state index < -0.39 is 0 Å². The molecular formula is C26H23IN4O2. The zero-order valence-electron chi connectivity index (χ0n) is 17.9. The first kappa shape index (κ1) is 21.8. The number of rotatable bonds is 4. The van der Waals surface area contributed by atoms with Crippen molar-refractivity contribution in [2.75, 3.05) is 23.3 Å². The van der Waals surface area contributed by atoms with Gasteiger partial charge in [-0.05, 0) is 77.2 Å². The van der Waals surface area contributed by atoms with Crippen molar-refractivity contribution in [3.8, 4) is 11.3 Å². The molecule has 0 atom stereocenters. The second-order valence-corrected chi connectivity index (χ2v) is 9.31. The van der Waals surface area contributed by atoms with Crippen LogP contribution >= 0.6 is 22.6 Å². The molecule has 0 radical (unpaired) electrons. The van der Waals surface area contributed by atoms with Gasteiger partial charge in [-0.2, -0.15) is 0 Å². The molecule has 0 saturated carbocycles. The van der Waals surface area contributed by atoms with Crippen LogP contribution in [0.25, 0.3) is 22.0 Å². The molecule has 0 aliphatic carbocycles. The Kier molecular flexibility index (Phi) is 6.24. The highest BCUT2D eigenvalue weighted by atomic mass is 127. The number of carbonyl (C=O) groups is 1. The minimum Gasteiger partial charge on any atom is -0.393 e. The summed E-state index contributed by atoms with van der Waals surface area (Å²) < 4.78 is 1.06. The van der Waals surface area contributed by atoms with Crippen molar-refractivity contribution < 1.29 is 9.90 Å². The van der Waals surface area contributed by atoms with Crippen molar-refractivity contribution in [2.24, 2.45) is 0 Å². The van der Waals surface area contributed by atoms with E-state index in [4.69, 9.17) is 0 Å². The lowest BCUT2D eigenvalue weighted by Gasteiger charge is -2.30. The molecule has 1 aliphatic rings. The van der Waals surface area contributed by atoms with E-state index >= 15 is 0 Å². The monoisotopic (exact) mass is 550 g/mol. The predicted molar refractivity (Wildman–Crippen MR) is 140 cm³/mol. The van der Waals surface area contributed by atoms with Crippen LogP contribution in [0.4, 0.5) is 11.5 Å². The molecule has 3 heterocycles. The molecule has 1 amide bonds. The molecule has 166 valence electrons. The van der Waals surface area contributed by atoms with Crippen LogP contribution in [0, 0.1) is 3.57 Å². The molecule has 2 aromatic carbocycles. The summed E-state index contributed by atoms with van der Waals surface area (Å²) in [6.45, 7) is 1.54. The molecule has 6 nitrogen and oxygen atoms in total. The predicted octanol–water partition coefficient (Wildman–Crippen LogP) is 5.11. The number of hydrogen-bond donors (Lipinski definition) is 2. The number of pyridine rings is 2. The Bertz CT molecular complexity index is 1300. The number of nitrogens with one attached hydrogen (secondary N) is 1. The summed E-state index contributed by atoms with van der Waals surface area (Å²) in [7, 11) is 0. The lowest BCUT2D eigenvalue weighted by atomic mass is 10.0. The molecule has 2 N–H and O–H groups in total. The van der Waals surface area contributed by atoms with Gasteiger partial charge < -0.3 is 15.3 Å².